The van der Waals surface area contributed by atoms with Crippen molar-refractivity contribution in [3.8, 4) is 6.07 Å². The standard InChI is InChI=1S/C45H38BrN3O6/c1-30(2)55-42(52)43(29-47)35(28-39(50)31-22-25-36(46)26-23-31)24-27-40(49(53)54)44(43)37-20-12-13-21-38(37)48(41(44)51)45(32-14-6-3-7-15-32,33-16-8-4-9-17-33)34-18-10-5-11-19-34/h3-23,25-26,30,35,40H,24,27-28H2,1-2H3/t35-,40?,43-,44+/m0/s1. The summed E-state index contributed by atoms with van der Waals surface area (Å²) in [6, 6.07) is 42.1. The molecule has 1 aliphatic carbocycles. The van der Waals surface area contributed by atoms with Crippen molar-refractivity contribution >= 4 is 39.3 Å². The van der Waals surface area contributed by atoms with Crippen LogP contribution < -0.4 is 4.90 Å². The fourth-order valence-electron chi connectivity index (χ4n) is 9.10. The SMILES string of the molecule is CC(C)OC(=O)[C@]1(C#N)[C@H](CC(=O)c2ccc(Br)cc2)CCC([N+](=O)[O-])[C@]12C(=O)N(C(c1ccccc1)(c1ccccc1)c1ccccc1)c1ccccc12. The summed E-state index contributed by atoms with van der Waals surface area (Å²) in [5.74, 6) is -3.37. The number of Topliss-reactive ketones (excluding diaryl/α,β-unsaturated/α-hetero) is 1. The van der Waals surface area contributed by atoms with E-state index in [1.54, 1.807) is 67.3 Å². The average Bonchev–Trinajstić information content (AvgIpc) is 3.45. The summed E-state index contributed by atoms with van der Waals surface area (Å²) in [6.45, 7) is 3.24. The van der Waals surface area contributed by atoms with Crippen molar-refractivity contribution in [3.63, 3.8) is 0 Å². The average molecular weight is 797 g/mol. The molecule has 0 saturated heterocycles. The topological polar surface area (TPSA) is 131 Å². The molecule has 55 heavy (non-hydrogen) atoms. The van der Waals surface area contributed by atoms with Gasteiger partial charge in [0.15, 0.2) is 16.6 Å². The van der Waals surface area contributed by atoms with Gasteiger partial charge in [-0.05, 0) is 61.1 Å². The number of nitro groups is 1. The highest BCUT2D eigenvalue weighted by Gasteiger charge is 2.80. The normalized spacial score (nSPS) is 21.9. The summed E-state index contributed by atoms with van der Waals surface area (Å²) in [5.41, 5.74) is -3.53. The van der Waals surface area contributed by atoms with E-state index in [2.05, 4.69) is 22.0 Å². The molecule has 0 N–H and O–H groups in total. The number of rotatable bonds is 10. The van der Waals surface area contributed by atoms with Crippen LogP contribution in [-0.2, 0) is 25.3 Å². The molecule has 2 aliphatic rings. The number of ketones is 1. The van der Waals surface area contributed by atoms with Crippen molar-refractivity contribution in [3.05, 3.63) is 182 Å². The minimum Gasteiger partial charge on any atom is -0.462 e. The van der Waals surface area contributed by atoms with Crippen molar-refractivity contribution in [1.82, 2.24) is 0 Å². The summed E-state index contributed by atoms with van der Waals surface area (Å²) in [7, 11) is 0. The zero-order valence-electron chi connectivity index (χ0n) is 30.3. The molecule has 1 unspecified atom stereocenters. The Morgan fingerprint density at radius 1 is 0.855 bits per heavy atom. The molecule has 276 valence electrons. The number of fused-ring (bicyclic) bond motifs is 2. The van der Waals surface area contributed by atoms with Crippen molar-refractivity contribution in [1.29, 1.82) is 5.26 Å². The lowest BCUT2D eigenvalue weighted by molar-refractivity contribution is -0.540. The predicted octanol–water partition coefficient (Wildman–Crippen LogP) is 8.82. The number of carbonyl (C=O) groups excluding carboxylic acids is 3. The number of ether oxygens (including phenoxy) is 1. The maximum absolute atomic E-state index is 16.5. The smallest absolute Gasteiger partial charge is 0.328 e. The van der Waals surface area contributed by atoms with E-state index in [9.17, 15) is 20.2 Å². The number of para-hydroxylation sites is 1. The molecule has 0 aromatic heterocycles. The fraction of sp³-hybridized carbons (Fsp3) is 0.244. The lowest BCUT2D eigenvalue weighted by atomic mass is 9.47. The highest BCUT2D eigenvalue weighted by molar-refractivity contribution is 9.10. The van der Waals surface area contributed by atoms with Crippen LogP contribution in [0.3, 0.4) is 0 Å². The number of hydrogen-bond donors (Lipinski definition) is 0. The van der Waals surface area contributed by atoms with Gasteiger partial charge in [-0.3, -0.25) is 29.4 Å². The Labute approximate surface area is 327 Å². The molecule has 0 bridgehead atoms. The number of hydrogen-bond acceptors (Lipinski definition) is 7. The van der Waals surface area contributed by atoms with Gasteiger partial charge in [-0.15, -0.1) is 0 Å². The third kappa shape index (κ3) is 5.68. The summed E-state index contributed by atoms with van der Waals surface area (Å²) < 4.78 is 6.66. The van der Waals surface area contributed by atoms with Gasteiger partial charge in [0, 0.05) is 39.1 Å². The number of anilines is 1. The van der Waals surface area contributed by atoms with Crippen LogP contribution >= 0.6 is 15.9 Å². The molecule has 5 aromatic rings. The second-order valence-corrected chi connectivity index (χ2v) is 15.3. The number of halogens is 1. The molecular weight excluding hydrogens is 758 g/mol. The van der Waals surface area contributed by atoms with Gasteiger partial charge >= 0.3 is 5.97 Å². The Bertz CT molecular complexity index is 2200. The molecular formula is C45H38BrN3O6. The summed E-state index contributed by atoms with van der Waals surface area (Å²) in [6.07, 6.45) is -1.29. The second-order valence-electron chi connectivity index (χ2n) is 14.4. The van der Waals surface area contributed by atoms with Gasteiger partial charge in [0.1, 0.15) is 5.54 Å². The molecule has 1 spiro atoms. The molecule has 9 nitrogen and oxygen atoms in total. The van der Waals surface area contributed by atoms with E-state index in [1.807, 2.05) is 91.0 Å². The molecule has 1 amide bonds. The maximum Gasteiger partial charge on any atom is 0.328 e. The highest BCUT2D eigenvalue weighted by atomic mass is 79.9. The van der Waals surface area contributed by atoms with Crippen LogP contribution in [0.5, 0.6) is 0 Å². The first-order valence-electron chi connectivity index (χ1n) is 18.2. The van der Waals surface area contributed by atoms with Crippen LogP contribution in [0.25, 0.3) is 0 Å². The van der Waals surface area contributed by atoms with E-state index >= 15 is 9.59 Å². The van der Waals surface area contributed by atoms with E-state index in [0.717, 1.165) is 4.47 Å². The Kier molecular flexibility index (Phi) is 10.0. The number of esters is 1. The zero-order valence-corrected chi connectivity index (χ0v) is 31.9. The number of carbonyl (C=O) groups is 3. The van der Waals surface area contributed by atoms with Gasteiger partial charge in [0.05, 0.1) is 12.2 Å². The van der Waals surface area contributed by atoms with Crippen molar-refractivity contribution < 1.29 is 24.0 Å². The number of nitrogens with zero attached hydrogens (tertiary/aromatic N) is 3. The summed E-state index contributed by atoms with van der Waals surface area (Å²) in [4.78, 5) is 60.2. The molecule has 1 fully saturated rings. The number of benzene rings is 5. The van der Waals surface area contributed by atoms with E-state index < -0.39 is 51.2 Å². The third-order valence-corrected chi connectivity index (χ3v) is 11.8. The Morgan fingerprint density at radius 2 is 1.36 bits per heavy atom. The van der Waals surface area contributed by atoms with Crippen LogP contribution in [0.4, 0.5) is 5.69 Å². The van der Waals surface area contributed by atoms with Crippen molar-refractivity contribution in [2.24, 2.45) is 11.3 Å². The highest BCUT2D eigenvalue weighted by Crippen LogP contribution is 2.65. The quantitative estimate of drug-likeness (QED) is 0.0454. The van der Waals surface area contributed by atoms with Gasteiger partial charge in [0.25, 0.3) is 0 Å². The van der Waals surface area contributed by atoms with E-state index in [1.165, 1.54) is 0 Å². The van der Waals surface area contributed by atoms with Crippen molar-refractivity contribution in [2.75, 3.05) is 4.90 Å². The number of amides is 1. The van der Waals surface area contributed by atoms with Gasteiger partial charge in [-0.2, -0.15) is 5.26 Å². The van der Waals surface area contributed by atoms with E-state index in [4.69, 9.17) is 4.74 Å². The monoisotopic (exact) mass is 795 g/mol. The van der Waals surface area contributed by atoms with Crippen LogP contribution in [0.1, 0.15) is 65.7 Å². The fourth-order valence-corrected chi connectivity index (χ4v) is 9.36. The first-order chi connectivity index (χ1) is 26.5. The van der Waals surface area contributed by atoms with Gasteiger partial charge < -0.3 is 4.74 Å². The summed E-state index contributed by atoms with van der Waals surface area (Å²) in [5, 5.41) is 25.2. The van der Waals surface area contributed by atoms with Gasteiger partial charge in [-0.1, -0.05) is 137 Å². The van der Waals surface area contributed by atoms with E-state index in [-0.39, 0.29) is 30.6 Å². The zero-order chi connectivity index (χ0) is 39.0. The third-order valence-electron chi connectivity index (χ3n) is 11.2. The molecule has 0 radical (unpaired) electrons. The minimum absolute atomic E-state index is 0.0485. The summed E-state index contributed by atoms with van der Waals surface area (Å²) >= 11 is 3.40. The lowest BCUT2D eigenvalue weighted by Crippen LogP contribution is -2.70. The Morgan fingerprint density at radius 3 is 1.85 bits per heavy atom. The van der Waals surface area contributed by atoms with Crippen molar-refractivity contribution in [2.45, 2.75) is 56.2 Å². The van der Waals surface area contributed by atoms with Gasteiger partial charge in [-0.25, -0.2) is 0 Å². The molecule has 10 heteroatoms. The van der Waals surface area contributed by atoms with E-state index in [0.29, 0.717) is 27.9 Å². The first-order valence-corrected chi connectivity index (χ1v) is 19.0. The largest absolute Gasteiger partial charge is 0.462 e. The van der Waals surface area contributed by atoms with Crippen LogP contribution in [0.15, 0.2) is 144 Å². The molecule has 1 aliphatic heterocycles. The van der Waals surface area contributed by atoms with Gasteiger partial charge in [0.2, 0.25) is 11.9 Å². The molecule has 4 atom stereocenters. The molecule has 7 rings (SSSR count). The Balaban J connectivity index is 1.59. The molecule has 5 aromatic carbocycles. The molecule has 1 heterocycles. The lowest BCUT2D eigenvalue weighted by Gasteiger charge is -2.51. The maximum atomic E-state index is 16.5. The van der Waals surface area contributed by atoms with Crippen LogP contribution in [0.2, 0.25) is 0 Å². The Hall–Kier alpha value is -5.92. The second kappa shape index (κ2) is 14.7. The van der Waals surface area contributed by atoms with Crippen LogP contribution in [-0.4, -0.2) is 34.7 Å². The predicted molar refractivity (Wildman–Crippen MR) is 211 cm³/mol. The molecule has 1 saturated carbocycles. The number of nitriles is 1. The minimum atomic E-state index is -2.50. The van der Waals surface area contributed by atoms with Crippen LogP contribution in [0, 0.1) is 32.8 Å². The first kappa shape index (κ1) is 37.4.